The summed E-state index contributed by atoms with van der Waals surface area (Å²) in [7, 11) is -1.95. The quantitative estimate of drug-likeness (QED) is 0.837. The molecule has 108 valence electrons. The van der Waals surface area contributed by atoms with Gasteiger partial charge in [-0.1, -0.05) is 18.2 Å². The number of hydrogen-bond donors (Lipinski definition) is 2. The fourth-order valence-electron chi connectivity index (χ4n) is 3.12. The molecule has 2 N–H and O–H groups in total. The Labute approximate surface area is 120 Å². The van der Waals surface area contributed by atoms with Gasteiger partial charge in [0.2, 0.25) is 10.0 Å². The first kappa shape index (κ1) is 13.6. The molecule has 1 saturated carbocycles. The molecule has 5 heteroatoms. The van der Waals surface area contributed by atoms with Crippen molar-refractivity contribution in [3.05, 3.63) is 35.9 Å². The highest BCUT2D eigenvalue weighted by molar-refractivity contribution is 7.89. The largest absolute Gasteiger partial charge is 0.381 e. The standard InChI is InChI=1S/C15H20N2O2S/c1-10-6-7-12(20(18,19)16-2)9-14(10)17-15-8-11-4-3-5-13(11)15/h3,5-7,9,11,13,15-17H,4,8H2,1-2H3. The summed E-state index contributed by atoms with van der Waals surface area (Å²) in [5, 5.41) is 3.51. The molecule has 2 aliphatic carbocycles. The maximum absolute atomic E-state index is 11.9. The van der Waals surface area contributed by atoms with E-state index in [0.29, 0.717) is 16.9 Å². The number of benzene rings is 1. The first-order chi connectivity index (χ1) is 9.51. The molecule has 1 aromatic carbocycles. The molecule has 4 nitrogen and oxygen atoms in total. The van der Waals surface area contributed by atoms with Gasteiger partial charge >= 0.3 is 0 Å². The Balaban J connectivity index is 1.82. The summed E-state index contributed by atoms with van der Waals surface area (Å²) in [6.07, 6.45) is 6.90. The number of sulfonamides is 1. The molecule has 3 atom stereocenters. The molecule has 0 aliphatic heterocycles. The van der Waals surface area contributed by atoms with Crippen molar-refractivity contribution in [1.82, 2.24) is 4.72 Å². The molecule has 3 unspecified atom stereocenters. The van der Waals surface area contributed by atoms with Gasteiger partial charge in [0.1, 0.15) is 0 Å². The summed E-state index contributed by atoms with van der Waals surface area (Å²) in [5.41, 5.74) is 2.00. The maximum atomic E-state index is 11.9. The highest BCUT2D eigenvalue weighted by Crippen LogP contribution is 2.44. The van der Waals surface area contributed by atoms with Crippen LogP contribution in [0.4, 0.5) is 5.69 Å². The van der Waals surface area contributed by atoms with Gasteiger partial charge in [-0.25, -0.2) is 13.1 Å². The van der Waals surface area contributed by atoms with Crippen molar-refractivity contribution < 1.29 is 8.42 Å². The number of aryl methyl sites for hydroxylation is 1. The van der Waals surface area contributed by atoms with Crippen LogP contribution in [0.2, 0.25) is 0 Å². The first-order valence-electron chi connectivity index (χ1n) is 6.98. The molecule has 0 saturated heterocycles. The van der Waals surface area contributed by atoms with E-state index in [1.165, 1.54) is 19.9 Å². The third kappa shape index (κ3) is 2.25. The number of fused-ring (bicyclic) bond motifs is 1. The molecule has 0 heterocycles. The van der Waals surface area contributed by atoms with E-state index < -0.39 is 10.0 Å². The van der Waals surface area contributed by atoms with E-state index in [9.17, 15) is 8.42 Å². The van der Waals surface area contributed by atoms with E-state index in [4.69, 9.17) is 0 Å². The second-order valence-electron chi connectivity index (χ2n) is 5.67. The number of nitrogens with one attached hydrogen (secondary N) is 2. The van der Waals surface area contributed by atoms with Crippen LogP contribution in [0.3, 0.4) is 0 Å². The van der Waals surface area contributed by atoms with Crippen molar-refractivity contribution in [1.29, 1.82) is 0 Å². The van der Waals surface area contributed by atoms with Gasteiger partial charge in [0, 0.05) is 17.6 Å². The minimum Gasteiger partial charge on any atom is -0.381 e. The average Bonchev–Trinajstić information content (AvgIpc) is 2.79. The zero-order valence-electron chi connectivity index (χ0n) is 11.8. The van der Waals surface area contributed by atoms with Crippen LogP contribution >= 0.6 is 0 Å². The van der Waals surface area contributed by atoms with Crippen LogP contribution in [0.1, 0.15) is 18.4 Å². The average molecular weight is 292 g/mol. The predicted octanol–water partition coefficient (Wildman–Crippen LogP) is 2.28. The van der Waals surface area contributed by atoms with E-state index in [2.05, 4.69) is 22.2 Å². The van der Waals surface area contributed by atoms with Gasteiger partial charge < -0.3 is 5.32 Å². The summed E-state index contributed by atoms with van der Waals surface area (Å²) in [6, 6.07) is 5.66. The molecule has 2 aliphatic rings. The molecule has 0 bridgehead atoms. The van der Waals surface area contributed by atoms with Crippen LogP contribution in [-0.4, -0.2) is 21.5 Å². The summed E-state index contributed by atoms with van der Waals surface area (Å²) < 4.78 is 26.1. The lowest BCUT2D eigenvalue weighted by atomic mass is 9.71. The normalized spacial score (nSPS) is 28.0. The molecule has 0 spiro atoms. The molecular weight excluding hydrogens is 272 g/mol. The Morgan fingerprint density at radius 2 is 2.10 bits per heavy atom. The molecular formula is C15H20N2O2S. The van der Waals surface area contributed by atoms with E-state index >= 15 is 0 Å². The summed E-state index contributed by atoms with van der Waals surface area (Å²) in [4.78, 5) is 0.311. The molecule has 1 aromatic rings. The second kappa shape index (κ2) is 4.90. The Morgan fingerprint density at radius 1 is 1.30 bits per heavy atom. The Morgan fingerprint density at radius 3 is 2.80 bits per heavy atom. The molecule has 3 rings (SSSR count). The minimum atomic E-state index is -3.38. The number of allylic oxidation sites excluding steroid dienone is 1. The smallest absolute Gasteiger partial charge is 0.240 e. The van der Waals surface area contributed by atoms with Crippen LogP contribution < -0.4 is 10.0 Å². The van der Waals surface area contributed by atoms with E-state index in [1.54, 1.807) is 12.1 Å². The summed E-state index contributed by atoms with van der Waals surface area (Å²) in [6.45, 7) is 2.00. The lowest BCUT2D eigenvalue weighted by Gasteiger charge is -2.41. The van der Waals surface area contributed by atoms with Crippen LogP contribution in [0.25, 0.3) is 0 Å². The van der Waals surface area contributed by atoms with Crippen molar-refractivity contribution in [2.24, 2.45) is 11.8 Å². The van der Waals surface area contributed by atoms with Gasteiger partial charge in [0.15, 0.2) is 0 Å². The van der Waals surface area contributed by atoms with Crippen LogP contribution in [0.15, 0.2) is 35.2 Å². The van der Waals surface area contributed by atoms with Gasteiger partial charge in [0.05, 0.1) is 4.90 Å². The molecule has 0 aromatic heterocycles. The SMILES string of the molecule is CNS(=O)(=O)c1ccc(C)c(NC2CC3CC=CC32)c1. The summed E-state index contributed by atoms with van der Waals surface area (Å²) in [5.74, 6) is 1.40. The molecule has 1 fully saturated rings. The predicted molar refractivity (Wildman–Crippen MR) is 80.2 cm³/mol. The Bertz CT molecular complexity index is 652. The fraction of sp³-hybridized carbons (Fsp3) is 0.467. The molecule has 20 heavy (non-hydrogen) atoms. The zero-order chi connectivity index (χ0) is 14.3. The van der Waals surface area contributed by atoms with Gasteiger partial charge in [-0.2, -0.15) is 0 Å². The van der Waals surface area contributed by atoms with E-state index in [-0.39, 0.29) is 0 Å². The summed E-state index contributed by atoms with van der Waals surface area (Å²) >= 11 is 0. The third-order valence-corrected chi connectivity index (χ3v) is 5.90. The Kier molecular flexibility index (Phi) is 3.34. The zero-order valence-corrected chi connectivity index (χ0v) is 12.6. The minimum absolute atomic E-state index is 0.311. The van der Waals surface area contributed by atoms with Crippen LogP contribution in [0, 0.1) is 18.8 Å². The van der Waals surface area contributed by atoms with Crippen molar-refractivity contribution in [3.63, 3.8) is 0 Å². The first-order valence-corrected chi connectivity index (χ1v) is 8.47. The van der Waals surface area contributed by atoms with E-state index in [1.807, 2.05) is 13.0 Å². The van der Waals surface area contributed by atoms with Gasteiger partial charge in [0.25, 0.3) is 0 Å². The number of anilines is 1. The second-order valence-corrected chi connectivity index (χ2v) is 7.56. The van der Waals surface area contributed by atoms with Crippen molar-refractivity contribution in [2.75, 3.05) is 12.4 Å². The van der Waals surface area contributed by atoms with Gasteiger partial charge in [-0.3, -0.25) is 0 Å². The van der Waals surface area contributed by atoms with Crippen LogP contribution in [0.5, 0.6) is 0 Å². The van der Waals surface area contributed by atoms with E-state index in [0.717, 1.165) is 17.2 Å². The van der Waals surface area contributed by atoms with Crippen molar-refractivity contribution >= 4 is 15.7 Å². The monoisotopic (exact) mass is 292 g/mol. The molecule has 0 radical (unpaired) electrons. The fourth-order valence-corrected chi connectivity index (χ4v) is 3.88. The lowest BCUT2D eigenvalue weighted by Crippen LogP contribution is -2.43. The third-order valence-electron chi connectivity index (χ3n) is 4.49. The molecule has 0 amide bonds. The highest BCUT2D eigenvalue weighted by Gasteiger charge is 2.41. The van der Waals surface area contributed by atoms with Gasteiger partial charge in [-0.15, -0.1) is 0 Å². The van der Waals surface area contributed by atoms with Crippen molar-refractivity contribution in [2.45, 2.75) is 30.7 Å². The van der Waals surface area contributed by atoms with Crippen LogP contribution in [-0.2, 0) is 10.0 Å². The van der Waals surface area contributed by atoms with Crippen molar-refractivity contribution in [3.8, 4) is 0 Å². The topological polar surface area (TPSA) is 58.2 Å². The Hall–Kier alpha value is -1.33. The maximum Gasteiger partial charge on any atom is 0.240 e. The van der Waals surface area contributed by atoms with Gasteiger partial charge in [-0.05, 0) is 50.4 Å². The number of hydrogen-bond acceptors (Lipinski definition) is 3. The highest BCUT2D eigenvalue weighted by atomic mass is 32.2. The lowest BCUT2D eigenvalue weighted by molar-refractivity contribution is 0.218. The number of rotatable bonds is 4.